The quantitative estimate of drug-likeness (QED) is 0.673. The lowest BCUT2D eigenvalue weighted by Crippen LogP contribution is -2.17. The third kappa shape index (κ3) is 3.85. The van der Waals surface area contributed by atoms with Crippen LogP contribution in [0.15, 0.2) is 47.6 Å². The van der Waals surface area contributed by atoms with Gasteiger partial charge in [0.25, 0.3) is 5.91 Å². The second-order valence-corrected chi connectivity index (χ2v) is 5.21. The second-order valence-electron chi connectivity index (χ2n) is 5.21. The molecule has 1 amide bonds. The van der Waals surface area contributed by atoms with Crippen molar-refractivity contribution in [3.63, 3.8) is 0 Å². The molecule has 0 spiro atoms. The number of carbonyl (C=O) groups is 1. The largest absolute Gasteiger partial charge is 0.507 e. The fourth-order valence-electron chi connectivity index (χ4n) is 1.92. The number of aryl methyl sites for hydroxylation is 1. The van der Waals surface area contributed by atoms with Crippen molar-refractivity contribution in [2.75, 3.05) is 19.0 Å². The van der Waals surface area contributed by atoms with Crippen LogP contribution in [-0.2, 0) is 0 Å². The van der Waals surface area contributed by atoms with Gasteiger partial charge in [-0.05, 0) is 42.3 Å². The summed E-state index contributed by atoms with van der Waals surface area (Å²) in [5, 5.41) is 13.7. The van der Waals surface area contributed by atoms with Crippen LogP contribution in [0.25, 0.3) is 0 Å². The first kappa shape index (κ1) is 15.6. The second kappa shape index (κ2) is 6.76. The van der Waals surface area contributed by atoms with Gasteiger partial charge in [0.2, 0.25) is 0 Å². The van der Waals surface area contributed by atoms with Gasteiger partial charge < -0.3 is 10.0 Å². The van der Waals surface area contributed by atoms with Gasteiger partial charge in [0, 0.05) is 19.8 Å². The molecule has 2 N–H and O–H groups in total. The van der Waals surface area contributed by atoms with Crippen molar-refractivity contribution in [3.05, 3.63) is 59.2 Å². The number of anilines is 1. The van der Waals surface area contributed by atoms with Crippen LogP contribution >= 0.6 is 0 Å². The summed E-state index contributed by atoms with van der Waals surface area (Å²) in [6, 6.07) is 12.6. The summed E-state index contributed by atoms with van der Waals surface area (Å²) in [7, 11) is 3.94. The molecule has 0 atom stereocenters. The Kier molecular flexibility index (Phi) is 4.78. The molecule has 0 radical (unpaired) electrons. The van der Waals surface area contributed by atoms with Crippen molar-refractivity contribution in [1.29, 1.82) is 0 Å². The number of hydrogen-bond donors (Lipinski definition) is 2. The highest BCUT2D eigenvalue weighted by atomic mass is 16.3. The average molecular weight is 297 g/mol. The van der Waals surface area contributed by atoms with E-state index in [-0.39, 0.29) is 11.3 Å². The van der Waals surface area contributed by atoms with E-state index in [1.54, 1.807) is 24.4 Å². The van der Waals surface area contributed by atoms with E-state index in [0.29, 0.717) is 0 Å². The number of hydrogen-bond acceptors (Lipinski definition) is 4. The standard InChI is InChI=1S/C17H19N3O2/c1-12-4-9-15(16(21)10-12)17(22)19-18-11-13-5-7-14(8-6-13)20(2)3/h4-11,21H,1-3H3,(H,19,22)/b18-11+. The molecule has 0 fully saturated rings. The van der Waals surface area contributed by atoms with E-state index in [1.807, 2.05) is 50.2 Å². The molecule has 0 aromatic heterocycles. The van der Waals surface area contributed by atoms with Gasteiger partial charge in [-0.1, -0.05) is 18.2 Å². The Morgan fingerprint density at radius 3 is 2.45 bits per heavy atom. The molecular formula is C17H19N3O2. The molecule has 5 nitrogen and oxygen atoms in total. The van der Waals surface area contributed by atoms with E-state index in [0.717, 1.165) is 16.8 Å². The molecule has 0 bridgehead atoms. The van der Waals surface area contributed by atoms with Crippen molar-refractivity contribution < 1.29 is 9.90 Å². The van der Waals surface area contributed by atoms with Crippen LogP contribution in [0.3, 0.4) is 0 Å². The van der Waals surface area contributed by atoms with Gasteiger partial charge in [0.05, 0.1) is 11.8 Å². The molecule has 0 saturated carbocycles. The Morgan fingerprint density at radius 1 is 1.18 bits per heavy atom. The molecule has 0 saturated heterocycles. The van der Waals surface area contributed by atoms with Crippen molar-refractivity contribution in [2.45, 2.75) is 6.92 Å². The van der Waals surface area contributed by atoms with Gasteiger partial charge in [-0.2, -0.15) is 5.10 Å². The fraction of sp³-hybridized carbons (Fsp3) is 0.176. The van der Waals surface area contributed by atoms with Crippen molar-refractivity contribution >= 4 is 17.8 Å². The molecule has 0 aliphatic rings. The van der Waals surface area contributed by atoms with Crippen molar-refractivity contribution in [2.24, 2.45) is 5.10 Å². The predicted octanol–water partition coefficient (Wildman–Crippen LogP) is 2.53. The molecule has 0 heterocycles. The van der Waals surface area contributed by atoms with Crippen LogP contribution < -0.4 is 10.3 Å². The highest BCUT2D eigenvalue weighted by molar-refractivity contribution is 5.97. The maximum atomic E-state index is 11.9. The lowest BCUT2D eigenvalue weighted by atomic mass is 10.1. The number of benzene rings is 2. The minimum Gasteiger partial charge on any atom is -0.507 e. The van der Waals surface area contributed by atoms with Gasteiger partial charge in [0.15, 0.2) is 0 Å². The monoisotopic (exact) mass is 297 g/mol. The topological polar surface area (TPSA) is 64.9 Å². The number of amides is 1. The first-order valence-electron chi connectivity index (χ1n) is 6.88. The van der Waals surface area contributed by atoms with Gasteiger partial charge in [0.1, 0.15) is 5.75 Å². The summed E-state index contributed by atoms with van der Waals surface area (Å²) in [5.74, 6) is -0.498. The molecule has 5 heteroatoms. The predicted molar refractivity (Wildman–Crippen MR) is 88.7 cm³/mol. The van der Waals surface area contributed by atoms with Crippen LogP contribution in [0.2, 0.25) is 0 Å². The van der Waals surface area contributed by atoms with E-state index in [2.05, 4.69) is 10.5 Å². The molecule has 0 aliphatic heterocycles. The summed E-state index contributed by atoms with van der Waals surface area (Å²) in [4.78, 5) is 13.9. The van der Waals surface area contributed by atoms with E-state index < -0.39 is 5.91 Å². The lowest BCUT2D eigenvalue weighted by Gasteiger charge is -2.11. The zero-order chi connectivity index (χ0) is 16.1. The highest BCUT2D eigenvalue weighted by Crippen LogP contribution is 2.18. The van der Waals surface area contributed by atoms with Crippen molar-refractivity contribution in [3.8, 4) is 5.75 Å². The number of carbonyl (C=O) groups excluding carboxylic acids is 1. The normalized spacial score (nSPS) is 10.7. The Morgan fingerprint density at radius 2 is 1.86 bits per heavy atom. The summed E-state index contributed by atoms with van der Waals surface area (Å²) < 4.78 is 0. The van der Waals surface area contributed by atoms with Crippen LogP contribution in [-0.4, -0.2) is 31.3 Å². The van der Waals surface area contributed by atoms with Crippen LogP contribution in [0.5, 0.6) is 5.75 Å². The van der Waals surface area contributed by atoms with E-state index in [9.17, 15) is 9.90 Å². The van der Waals surface area contributed by atoms with E-state index in [1.165, 1.54) is 0 Å². The average Bonchev–Trinajstić information content (AvgIpc) is 2.47. The molecular weight excluding hydrogens is 278 g/mol. The molecule has 2 aromatic rings. The maximum Gasteiger partial charge on any atom is 0.275 e. The fourth-order valence-corrected chi connectivity index (χ4v) is 1.92. The van der Waals surface area contributed by atoms with Gasteiger partial charge in [-0.3, -0.25) is 4.79 Å². The third-order valence-electron chi connectivity index (χ3n) is 3.19. The van der Waals surface area contributed by atoms with E-state index in [4.69, 9.17) is 0 Å². The number of nitrogens with one attached hydrogen (secondary N) is 1. The summed E-state index contributed by atoms with van der Waals surface area (Å²) >= 11 is 0. The minimum absolute atomic E-state index is 0.0527. The van der Waals surface area contributed by atoms with Gasteiger partial charge >= 0.3 is 0 Å². The summed E-state index contributed by atoms with van der Waals surface area (Å²) in [6.07, 6.45) is 1.56. The lowest BCUT2D eigenvalue weighted by molar-refractivity contribution is 0.0952. The zero-order valence-corrected chi connectivity index (χ0v) is 12.9. The SMILES string of the molecule is Cc1ccc(C(=O)N/N=C/c2ccc(N(C)C)cc2)c(O)c1. The number of rotatable bonds is 4. The smallest absolute Gasteiger partial charge is 0.275 e. The Labute approximate surface area is 129 Å². The van der Waals surface area contributed by atoms with E-state index >= 15 is 0 Å². The van der Waals surface area contributed by atoms with Gasteiger partial charge in [-0.25, -0.2) is 5.43 Å². The Balaban J connectivity index is 2.01. The molecule has 0 unspecified atom stereocenters. The molecule has 2 rings (SSSR count). The molecule has 22 heavy (non-hydrogen) atoms. The Bertz CT molecular complexity index is 692. The van der Waals surface area contributed by atoms with Gasteiger partial charge in [-0.15, -0.1) is 0 Å². The number of phenolic OH excluding ortho intramolecular Hbond substituents is 1. The van der Waals surface area contributed by atoms with Crippen LogP contribution in [0, 0.1) is 6.92 Å². The van der Waals surface area contributed by atoms with Crippen LogP contribution in [0.1, 0.15) is 21.5 Å². The first-order valence-corrected chi connectivity index (χ1v) is 6.88. The Hall–Kier alpha value is -2.82. The third-order valence-corrected chi connectivity index (χ3v) is 3.19. The van der Waals surface area contributed by atoms with Crippen molar-refractivity contribution in [1.82, 2.24) is 5.43 Å². The minimum atomic E-state index is -0.446. The first-order chi connectivity index (χ1) is 10.5. The molecule has 2 aromatic carbocycles. The highest BCUT2D eigenvalue weighted by Gasteiger charge is 2.09. The van der Waals surface area contributed by atoms with Crippen LogP contribution in [0.4, 0.5) is 5.69 Å². The summed E-state index contributed by atoms with van der Waals surface area (Å²) in [5.41, 5.74) is 5.46. The maximum absolute atomic E-state index is 11.9. The number of aromatic hydroxyl groups is 1. The molecule has 0 aliphatic carbocycles. The summed E-state index contributed by atoms with van der Waals surface area (Å²) in [6.45, 7) is 1.84. The zero-order valence-electron chi connectivity index (χ0n) is 12.9. The number of phenols is 1. The number of hydrazone groups is 1. The number of nitrogens with zero attached hydrogens (tertiary/aromatic N) is 2. The molecule has 114 valence electrons.